The van der Waals surface area contributed by atoms with Crippen LogP contribution in [0.3, 0.4) is 0 Å². The van der Waals surface area contributed by atoms with Gasteiger partial charge in [-0.25, -0.2) is 0 Å². The van der Waals surface area contributed by atoms with Gasteiger partial charge >= 0.3 is 0 Å². The van der Waals surface area contributed by atoms with Gasteiger partial charge in [0.15, 0.2) is 5.76 Å². The summed E-state index contributed by atoms with van der Waals surface area (Å²) in [7, 11) is 0. The highest BCUT2D eigenvalue weighted by molar-refractivity contribution is 7.97. The van der Waals surface area contributed by atoms with E-state index >= 15 is 0 Å². The molecule has 4 N–H and O–H groups in total. The summed E-state index contributed by atoms with van der Waals surface area (Å²) in [6.45, 7) is 2.65. The molecule has 4 rings (SSSR count). The predicted molar refractivity (Wildman–Crippen MR) is 150 cm³/mol. The number of thioether (sulfide) groups is 1. The highest BCUT2D eigenvalue weighted by atomic mass is 32.2. The van der Waals surface area contributed by atoms with E-state index < -0.39 is 18.0 Å². The molecule has 0 aliphatic carbocycles. The first-order valence-corrected chi connectivity index (χ1v) is 14.5. The van der Waals surface area contributed by atoms with Crippen LogP contribution in [0.4, 0.5) is 0 Å². The molecule has 1 saturated heterocycles. The zero-order valence-electron chi connectivity index (χ0n) is 22.2. The van der Waals surface area contributed by atoms with Gasteiger partial charge in [-0.1, -0.05) is 18.2 Å². The molecule has 1 aromatic carbocycles. The van der Waals surface area contributed by atoms with Crippen LogP contribution in [0, 0.1) is 0 Å². The Morgan fingerprint density at radius 2 is 1.85 bits per heavy atom. The van der Waals surface area contributed by atoms with Crippen LogP contribution in [0.15, 0.2) is 47.0 Å². The third-order valence-corrected chi connectivity index (χ3v) is 7.26. The molecular formula is C28H35N5O5S. The molecule has 11 heteroatoms. The largest absolute Gasteiger partial charge is 0.455 e. The maximum Gasteiger partial charge on any atom is 0.289 e. The van der Waals surface area contributed by atoms with Gasteiger partial charge in [-0.05, 0) is 49.8 Å². The van der Waals surface area contributed by atoms with Gasteiger partial charge in [-0.2, -0.15) is 11.8 Å². The van der Waals surface area contributed by atoms with Gasteiger partial charge in [0.1, 0.15) is 17.8 Å². The molecule has 1 aliphatic heterocycles. The fraction of sp³-hybridized carbons (Fsp3) is 0.429. The van der Waals surface area contributed by atoms with Crippen molar-refractivity contribution in [3.63, 3.8) is 0 Å². The lowest BCUT2D eigenvalue weighted by Gasteiger charge is -2.22. The monoisotopic (exact) mass is 553 g/mol. The molecule has 208 valence electrons. The van der Waals surface area contributed by atoms with Crippen molar-refractivity contribution in [2.45, 2.75) is 50.4 Å². The van der Waals surface area contributed by atoms with E-state index in [0.29, 0.717) is 38.2 Å². The number of nitrogens with zero attached hydrogens (tertiary/aromatic N) is 1. The number of hydrogen-bond acceptors (Lipinski definition) is 6. The minimum atomic E-state index is -0.836. The van der Waals surface area contributed by atoms with E-state index in [0.717, 1.165) is 22.2 Å². The lowest BCUT2D eigenvalue weighted by molar-refractivity contribution is -0.131. The number of benzene rings is 1. The number of carbonyl (C=O) groups is 4. The van der Waals surface area contributed by atoms with Crippen molar-refractivity contribution in [3.05, 3.63) is 59.7 Å². The second-order valence-electron chi connectivity index (χ2n) is 9.65. The first-order chi connectivity index (χ1) is 18.9. The minimum Gasteiger partial charge on any atom is -0.455 e. The SMILES string of the molecule is CSCc1ccc(C(=O)N2CCCNC(=O)[C@@H](Cc3c[nH]c4ccccc34)NC(=O)[C@H](C)NC(=O)CCC2)o1. The first-order valence-electron chi connectivity index (χ1n) is 13.1. The smallest absolute Gasteiger partial charge is 0.289 e. The number of nitrogens with one attached hydrogen (secondary N) is 4. The molecule has 0 saturated carbocycles. The summed E-state index contributed by atoms with van der Waals surface area (Å²) in [5.74, 6) is 0.348. The van der Waals surface area contributed by atoms with E-state index in [1.54, 1.807) is 35.7 Å². The highest BCUT2D eigenvalue weighted by Gasteiger charge is 2.26. The fourth-order valence-electron chi connectivity index (χ4n) is 4.62. The standard InChI is InChI=1S/C28H35N5O5S/c1-18-26(35)32-23(15-19-16-30-22-8-4-3-7-21(19)22)27(36)29-12-6-14-33(13-5-9-25(34)31-18)28(37)24-11-10-20(38-24)17-39-2/h3-4,7-8,10-11,16,18,23,30H,5-6,9,12-15,17H2,1-2H3,(H,29,36)(H,31,34)(H,32,35)/t18-,23+/m0/s1. The fourth-order valence-corrected chi connectivity index (χ4v) is 5.06. The average Bonchev–Trinajstić information content (AvgIpc) is 3.56. The summed E-state index contributed by atoms with van der Waals surface area (Å²) in [5, 5.41) is 9.40. The normalized spacial score (nSPS) is 20.1. The molecule has 10 nitrogen and oxygen atoms in total. The summed E-state index contributed by atoms with van der Waals surface area (Å²) >= 11 is 1.60. The van der Waals surface area contributed by atoms with E-state index in [1.807, 2.05) is 36.7 Å². The Hall–Kier alpha value is -3.73. The van der Waals surface area contributed by atoms with Crippen molar-refractivity contribution in [2.75, 3.05) is 25.9 Å². The molecule has 1 fully saturated rings. The molecule has 1 aliphatic rings. The van der Waals surface area contributed by atoms with Gasteiger partial charge in [0.05, 0.1) is 5.75 Å². The number of rotatable bonds is 5. The lowest BCUT2D eigenvalue weighted by atomic mass is 10.0. The van der Waals surface area contributed by atoms with Crippen molar-refractivity contribution in [3.8, 4) is 0 Å². The van der Waals surface area contributed by atoms with E-state index in [1.165, 1.54) is 0 Å². The van der Waals surface area contributed by atoms with Crippen LogP contribution in [-0.2, 0) is 26.6 Å². The summed E-state index contributed by atoms with van der Waals surface area (Å²) in [6, 6.07) is 9.57. The van der Waals surface area contributed by atoms with Gasteiger partial charge in [-0.3, -0.25) is 19.2 Å². The Morgan fingerprint density at radius 3 is 2.67 bits per heavy atom. The topological polar surface area (TPSA) is 137 Å². The third-order valence-electron chi connectivity index (χ3n) is 6.68. The summed E-state index contributed by atoms with van der Waals surface area (Å²) in [6.07, 6.45) is 5.18. The van der Waals surface area contributed by atoms with Crippen molar-refractivity contribution in [2.24, 2.45) is 0 Å². The third kappa shape index (κ3) is 7.44. The van der Waals surface area contributed by atoms with Gasteiger partial charge in [0.2, 0.25) is 17.7 Å². The average molecular weight is 554 g/mol. The highest BCUT2D eigenvalue weighted by Crippen LogP contribution is 2.19. The Kier molecular flexibility index (Phi) is 9.69. The number of H-pyrrole nitrogens is 1. The Labute approximate surface area is 231 Å². The molecule has 3 aromatic rings. The maximum absolute atomic E-state index is 13.2. The number of aromatic amines is 1. The Bertz CT molecular complexity index is 1320. The second-order valence-corrected chi connectivity index (χ2v) is 10.5. The van der Waals surface area contributed by atoms with Crippen molar-refractivity contribution in [1.82, 2.24) is 25.8 Å². The first kappa shape index (κ1) is 28.3. The van der Waals surface area contributed by atoms with Crippen molar-refractivity contribution >= 4 is 46.3 Å². The van der Waals surface area contributed by atoms with Gasteiger partial charge < -0.3 is 30.3 Å². The van der Waals surface area contributed by atoms with Crippen LogP contribution in [-0.4, -0.2) is 71.5 Å². The molecule has 0 bridgehead atoms. The molecule has 39 heavy (non-hydrogen) atoms. The molecule has 2 atom stereocenters. The van der Waals surface area contributed by atoms with E-state index in [4.69, 9.17) is 4.42 Å². The zero-order valence-corrected chi connectivity index (χ0v) is 23.1. The zero-order chi connectivity index (χ0) is 27.8. The van der Waals surface area contributed by atoms with Crippen LogP contribution in [0.2, 0.25) is 0 Å². The van der Waals surface area contributed by atoms with Gasteiger partial charge in [0, 0.05) is 49.6 Å². The number of hydrogen-bond donors (Lipinski definition) is 4. The van der Waals surface area contributed by atoms with E-state index in [-0.39, 0.29) is 36.3 Å². The van der Waals surface area contributed by atoms with Gasteiger partial charge in [-0.15, -0.1) is 0 Å². The predicted octanol–water partition coefficient (Wildman–Crippen LogP) is 2.60. The number of aromatic nitrogens is 1. The quantitative estimate of drug-likeness (QED) is 0.384. The molecule has 0 radical (unpaired) electrons. The number of furan rings is 1. The van der Waals surface area contributed by atoms with Gasteiger partial charge in [0.25, 0.3) is 5.91 Å². The second kappa shape index (κ2) is 13.4. The molecule has 0 spiro atoms. The van der Waals surface area contributed by atoms with Crippen molar-refractivity contribution < 1.29 is 23.6 Å². The number of para-hydroxylation sites is 1. The van der Waals surface area contributed by atoms with E-state index in [2.05, 4.69) is 20.9 Å². The minimum absolute atomic E-state index is 0.160. The molecule has 2 aromatic heterocycles. The van der Waals surface area contributed by atoms with Crippen LogP contribution < -0.4 is 16.0 Å². The van der Waals surface area contributed by atoms with Crippen LogP contribution in [0.1, 0.15) is 48.1 Å². The summed E-state index contributed by atoms with van der Waals surface area (Å²) in [5.41, 5.74) is 1.84. The molecule has 3 heterocycles. The van der Waals surface area contributed by atoms with Crippen LogP contribution in [0.25, 0.3) is 10.9 Å². The lowest BCUT2D eigenvalue weighted by Crippen LogP contribution is -2.53. The maximum atomic E-state index is 13.2. The summed E-state index contributed by atoms with van der Waals surface area (Å²) < 4.78 is 5.71. The number of carbonyl (C=O) groups excluding carboxylic acids is 4. The van der Waals surface area contributed by atoms with Crippen molar-refractivity contribution in [1.29, 1.82) is 0 Å². The molecule has 4 amide bonds. The summed E-state index contributed by atoms with van der Waals surface area (Å²) in [4.78, 5) is 56.7. The Morgan fingerprint density at radius 1 is 1.05 bits per heavy atom. The number of amides is 4. The van der Waals surface area contributed by atoms with Crippen LogP contribution >= 0.6 is 11.8 Å². The van der Waals surface area contributed by atoms with E-state index in [9.17, 15) is 19.2 Å². The molecular weight excluding hydrogens is 518 g/mol. The number of fused-ring (bicyclic) bond motifs is 1. The molecule has 0 unspecified atom stereocenters. The Balaban J connectivity index is 1.48. The van der Waals surface area contributed by atoms with Crippen LogP contribution in [0.5, 0.6) is 0 Å².